The fraction of sp³-hybridized carbons (Fsp3) is 0.625. The minimum atomic E-state index is -2.88. The smallest absolute Gasteiger partial charge is 0.150 e. The van der Waals surface area contributed by atoms with Crippen molar-refractivity contribution in [2.75, 3.05) is 18.1 Å². The minimum absolute atomic E-state index is 0.0298. The fourth-order valence-electron chi connectivity index (χ4n) is 2.94. The van der Waals surface area contributed by atoms with E-state index >= 15 is 0 Å². The largest absolute Gasteiger partial charge is 0.491 e. The summed E-state index contributed by atoms with van der Waals surface area (Å²) in [6, 6.07) is 7.97. The molecule has 1 fully saturated rings. The number of sulfone groups is 1. The van der Waals surface area contributed by atoms with Gasteiger partial charge in [-0.15, -0.1) is 0 Å². The molecule has 1 N–H and O–H groups in total. The molecule has 0 spiro atoms. The van der Waals surface area contributed by atoms with E-state index in [2.05, 4.69) is 5.32 Å². The van der Waals surface area contributed by atoms with Crippen molar-refractivity contribution in [1.82, 2.24) is 5.32 Å². The van der Waals surface area contributed by atoms with Crippen LogP contribution in [-0.2, 0) is 9.84 Å². The Morgan fingerprint density at radius 1 is 1.33 bits per heavy atom. The lowest BCUT2D eigenvalue weighted by Crippen LogP contribution is -2.29. The van der Waals surface area contributed by atoms with Gasteiger partial charge in [0.15, 0.2) is 9.84 Å². The van der Waals surface area contributed by atoms with Crippen molar-refractivity contribution < 1.29 is 13.2 Å². The predicted molar refractivity (Wildman–Crippen MR) is 85.4 cm³/mol. The van der Waals surface area contributed by atoms with Crippen molar-refractivity contribution >= 4 is 9.84 Å². The monoisotopic (exact) mass is 311 g/mol. The van der Waals surface area contributed by atoms with Crippen molar-refractivity contribution in [2.45, 2.75) is 39.3 Å². The van der Waals surface area contributed by atoms with E-state index < -0.39 is 9.84 Å². The molecule has 0 bridgehead atoms. The van der Waals surface area contributed by atoms with E-state index in [1.165, 1.54) is 0 Å². The van der Waals surface area contributed by atoms with Crippen LogP contribution in [-0.4, -0.2) is 32.6 Å². The van der Waals surface area contributed by atoms with Crippen molar-refractivity contribution in [1.29, 1.82) is 0 Å². The van der Waals surface area contributed by atoms with Gasteiger partial charge in [0.1, 0.15) is 5.75 Å². The summed E-state index contributed by atoms with van der Waals surface area (Å²) in [7, 11) is -2.88. The molecule has 1 saturated heterocycles. The third-order valence-electron chi connectivity index (χ3n) is 3.78. The Bertz CT molecular complexity index is 569. The summed E-state index contributed by atoms with van der Waals surface area (Å²) >= 11 is 0. The Kier molecular flexibility index (Phi) is 5.27. The first-order valence-corrected chi connectivity index (χ1v) is 9.44. The molecule has 1 aromatic carbocycles. The fourth-order valence-corrected chi connectivity index (χ4v) is 4.78. The van der Waals surface area contributed by atoms with Crippen LogP contribution in [0.5, 0.6) is 5.75 Å². The van der Waals surface area contributed by atoms with Gasteiger partial charge in [-0.05, 0) is 38.8 Å². The second-order valence-electron chi connectivity index (χ2n) is 5.90. The summed E-state index contributed by atoms with van der Waals surface area (Å²) < 4.78 is 29.5. The number of hydrogen-bond donors (Lipinski definition) is 1. The zero-order valence-corrected chi connectivity index (χ0v) is 13.8. The molecule has 1 aromatic rings. The molecule has 1 heterocycles. The molecule has 1 aliphatic rings. The minimum Gasteiger partial charge on any atom is -0.491 e. The zero-order valence-electron chi connectivity index (χ0n) is 13.0. The van der Waals surface area contributed by atoms with Crippen molar-refractivity contribution in [2.24, 2.45) is 5.92 Å². The Balaban J connectivity index is 2.30. The normalized spacial score (nSPS) is 22.4. The summed E-state index contributed by atoms with van der Waals surface area (Å²) in [5.74, 6) is 1.53. The molecular formula is C16H25NO3S. The maximum absolute atomic E-state index is 11.8. The molecule has 0 amide bonds. The van der Waals surface area contributed by atoms with Crippen LogP contribution in [0.3, 0.4) is 0 Å². The van der Waals surface area contributed by atoms with E-state index in [-0.39, 0.29) is 23.8 Å². The van der Waals surface area contributed by atoms with E-state index in [1.807, 2.05) is 45.0 Å². The quantitative estimate of drug-likeness (QED) is 0.877. The second kappa shape index (κ2) is 6.79. The Hall–Kier alpha value is -1.07. The topological polar surface area (TPSA) is 55.4 Å². The van der Waals surface area contributed by atoms with E-state index in [0.717, 1.165) is 24.3 Å². The van der Waals surface area contributed by atoms with Crippen LogP contribution in [0.25, 0.3) is 0 Å². The van der Waals surface area contributed by atoms with Crippen LogP contribution in [0.2, 0.25) is 0 Å². The van der Waals surface area contributed by atoms with Gasteiger partial charge in [-0.2, -0.15) is 0 Å². The first-order chi connectivity index (χ1) is 9.93. The van der Waals surface area contributed by atoms with Gasteiger partial charge in [0.25, 0.3) is 0 Å². The van der Waals surface area contributed by atoms with Gasteiger partial charge < -0.3 is 10.1 Å². The molecule has 21 heavy (non-hydrogen) atoms. The van der Waals surface area contributed by atoms with Crippen LogP contribution < -0.4 is 10.1 Å². The third-order valence-corrected chi connectivity index (χ3v) is 5.57. The third kappa shape index (κ3) is 4.20. The highest BCUT2D eigenvalue weighted by Crippen LogP contribution is 2.36. The van der Waals surface area contributed by atoms with Gasteiger partial charge in [0.05, 0.1) is 17.6 Å². The number of rotatable bonds is 6. The molecular weight excluding hydrogens is 286 g/mol. The molecule has 2 unspecified atom stereocenters. The van der Waals surface area contributed by atoms with Gasteiger partial charge in [-0.1, -0.05) is 25.1 Å². The number of nitrogens with one attached hydrogen (secondary N) is 1. The molecule has 0 radical (unpaired) electrons. The highest BCUT2D eigenvalue weighted by molar-refractivity contribution is 7.91. The summed E-state index contributed by atoms with van der Waals surface area (Å²) in [5.41, 5.74) is 1.06. The molecule has 2 atom stereocenters. The van der Waals surface area contributed by atoms with Crippen LogP contribution in [0.4, 0.5) is 0 Å². The zero-order chi connectivity index (χ0) is 15.5. The Labute approximate surface area is 127 Å². The van der Waals surface area contributed by atoms with E-state index in [0.29, 0.717) is 5.75 Å². The number of hydrogen-bond acceptors (Lipinski definition) is 4. The number of para-hydroxylation sites is 1. The molecule has 5 heteroatoms. The van der Waals surface area contributed by atoms with Gasteiger partial charge >= 0.3 is 0 Å². The molecule has 118 valence electrons. The maximum atomic E-state index is 11.8. The molecule has 0 aliphatic carbocycles. The van der Waals surface area contributed by atoms with Crippen LogP contribution >= 0.6 is 0 Å². The van der Waals surface area contributed by atoms with Gasteiger partial charge in [-0.25, -0.2) is 8.42 Å². The summed E-state index contributed by atoms with van der Waals surface area (Å²) in [6.07, 6.45) is 0.816. The highest BCUT2D eigenvalue weighted by atomic mass is 32.2. The maximum Gasteiger partial charge on any atom is 0.150 e. The lowest BCUT2D eigenvalue weighted by molar-refractivity contribution is 0.234. The Morgan fingerprint density at radius 2 is 2.05 bits per heavy atom. The molecule has 1 aliphatic heterocycles. The molecule has 4 nitrogen and oxygen atoms in total. The average Bonchev–Trinajstić information content (AvgIpc) is 2.76. The lowest BCUT2D eigenvalue weighted by Gasteiger charge is -2.26. The SMILES string of the molecule is CCNC(c1ccccc1OC(C)C)C1CCS(=O)(=O)C1. The molecule has 2 rings (SSSR count). The predicted octanol–water partition coefficient (Wildman–Crippen LogP) is 2.56. The van der Waals surface area contributed by atoms with Crippen LogP contribution in [0.1, 0.15) is 38.8 Å². The first kappa shape index (κ1) is 16.3. The van der Waals surface area contributed by atoms with Gasteiger partial charge in [0.2, 0.25) is 0 Å². The number of benzene rings is 1. The van der Waals surface area contributed by atoms with Crippen molar-refractivity contribution in [3.63, 3.8) is 0 Å². The van der Waals surface area contributed by atoms with Gasteiger partial charge in [-0.3, -0.25) is 0 Å². The van der Waals surface area contributed by atoms with E-state index in [1.54, 1.807) is 0 Å². The first-order valence-electron chi connectivity index (χ1n) is 7.62. The van der Waals surface area contributed by atoms with Crippen LogP contribution in [0, 0.1) is 5.92 Å². The van der Waals surface area contributed by atoms with E-state index in [4.69, 9.17) is 4.74 Å². The summed E-state index contributed by atoms with van der Waals surface area (Å²) in [4.78, 5) is 0. The standard InChI is InChI=1S/C16H25NO3S/c1-4-17-16(13-9-10-21(18,19)11-13)14-7-5-6-8-15(14)20-12(2)3/h5-8,12-13,16-17H,4,9-11H2,1-3H3. The van der Waals surface area contributed by atoms with Gasteiger partial charge in [0, 0.05) is 11.6 Å². The molecule has 0 aromatic heterocycles. The second-order valence-corrected chi connectivity index (χ2v) is 8.13. The average molecular weight is 311 g/mol. The Morgan fingerprint density at radius 3 is 2.62 bits per heavy atom. The molecule has 0 saturated carbocycles. The van der Waals surface area contributed by atoms with Crippen molar-refractivity contribution in [3.05, 3.63) is 29.8 Å². The summed E-state index contributed by atoms with van der Waals surface area (Å²) in [6.45, 7) is 6.84. The van der Waals surface area contributed by atoms with E-state index in [9.17, 15) is 8.42 Å². The highest BCUT2D eigenvalue weighted by Gasteiger charge is 2.35. The van der Waals surface area contributed by atoms with Crippen LogP contribution in [0.15, 0.2) is 24.3 Å². The number of ether oxygens (including phenoxy) is 1. The lowest BCUT2D eigenvalue weighted by atomic mass is 9.91. The summed E-state index contributed by atoms with van der Waals surface area (Å²) in [5, 5.41) is 3.45. The van der Waals surface area contributed by atoms with Crippen molar-refractivity contribution in [3.8, 4) is 5.75 Å².